The zero-order valence-electron chi connectivity index (χ0n) is 12.3. The Morgan fingerprint density at radius 3 is 2.95 bits per heavy atom. The second kappa shape index (κ2) is 6.51. The standard InChI is InChI=1S/C13H20N4O3S/c1-3-6-16-9-13(15-11(16)2)21(19,20)17-7-4-5-12(8-17)14-10-18/h9,12H,3-8H2,1-2H3. The molecule has 0 spiro atoms. The predicted molar refractivity (Wildman–Crippen MR) is 77.2 cm³/mol. The third kappa shape index (κ3) is 3.40. The fourth-order valence-corrected chi connectivity index (χ4v) is 4.03. The Morgan fingerprint density at radius 2 is 2.29 bits per heavy atom. The number of isocyanates is 1. The fraction of sp³-hybridized carbons (Fsp3) is 0.692. The number of imidazole rings is 1. The van der Waals surface area contributed by atoms with Crippen molar-refractivity contribution in [2.75, 3.05) is 13.1 Å². The average molecular weight is 312 g/mol. The van der Waals surface area contributed by atoms with Gasteiger partial charge in [0, 0.05) is 25.8 Å². The monoisotopic (exact) mass is 312 g/mol. The first-order valence-electron chi connectivity index (χ1n) is 7.10. The smallest absolute Gasteiger partial charge is 0.262 e. The number of aromatic nitrogens is 2. The predicted octanol–water partition coefficient (Wildman–Crippen LogP) is 1.09. The van der Waals surface area contributed by atoms with Crippen LogP contribution < -0.4 is 0 Å². The van der Waals surface area contributed by atoms with E-state index in [2.05, 4.69) is 9.98 Å². The summed E-state index contributed by atoms with van der Waals surface area (Å²) < 4.78 is 28.4. The van der Waals surface area contributed by atoms with E-state index < -0.39 is 10.0 Å². The number of aryl methyl sites for hydroxylation is 2. The van der Waals surface area contributed by atoms with E-state index in [9.17, 15) is 13.2 Å². The molecule has 8 heteroatoms. The normalized spacial score (nSPS) is 20.2. The van der Waals surface area contributed by atoms with Gasteiger partial charge in [0.1, 0.15) is 5.82 Å². The SMILES string of the molecule is CCCn1cc(S(=O)(=O)N2CCCC(N=C=O)C2)nc1C. The van der Waals surface area contributed by atoms with Crippen molar-refractivity contribution < 1.29 is 13.2 Å². The Hall–Kier alpha value is -1.50. The van der Waals surface area contributed by atoms with Crippen LogP contribution in [0.4, 0.5) is 0 Å². The van der Waals surface area contributed by atoms with Crippen molar-refractivity contribution in [2.45, 2.75) is 50.7 Å². The first kappa shape index (κ1) is 15.9. The Morgan fingerprint density at radius 1 is 1.52 bits per heavy atom. The minimum Gasteiger partial charge on any atom is -0.334 e. The summed E-state index contributed by atoms with van der Waals surface area (Å²) in [4.78, 5) is 18.2. The summed E-state index contributed by atoms with van der Waals surface area (Å²) in [7, 11) is -3.62. The van der Waals surface area contributed by atoms with E-state index in [1.54, 1.807) is 13.1 Å². The number of hydrogen-bond donors (Lipinski definition) is 0. The second-order valence-electron chi connectivity index (χ2n) is 5.20. The molecule has 1 aromatic heterocycles. The maximum Gasteiger partial charge on any atom is 0.262 e. The van der Waals surface area contributed by atoms with Crippen molar-refractivity contribution in [3.05, 3.63) is 12.0 Å². The molecule has 0 saturated carbocycles. The van der Waals surface area contributed by atoms with E-state index in [-0.39, 0.29) is 17.6 Å². The van der Waals surface area contributed by atoms with Gasteiger partial charge in [0.2, 0.25) is 6.08 Å². The summed E-state index contributed by atoms with van der Waals surface area (Å²) in [5.41, 5.74) is 0. The van der Waals surface area contributed by atoms with E-state index in [1.165, 1.54) is 10.4 Å². The van der Waals surface area contributed by atoms with Gasteiger partial charge in [-0.1, -0.05) is 6.92 Å². The molecule has 0 aromatic carbocycles. The van der Waals surface area contributed by atoms with Crippen LogP contribution in [-0.4, -0.2) is 47.5 Å². The van der Waals surface area contributed by atoms with E-state index in [4.69, 9.17) is 0 Å². The van der Waals surface area contributed by atoms with Gasteiger partial charge < -0.3 is 4.57 Å². The van der Waals surface area contributed by atoms with Gasteiger partial charge in [-0.2, -0.15) is 4.31 Å². The molecule has 1 aromatic rings. The zero-order valence-corrected chi connectivity index (χ0v) is 13.1. The molecule has 2 rings (SSSR count). The molecular weight excluding hydrogens is 292 g/mol. The van der Waals surface area contributed by atoms with Crippen LogP contribution in [0.5, 0.6) is 0 Å². The lowest BCUT2D eigenvalue weighted by atomic mass is 10.1. The minimum atomic E-state index is -3.62. The second-order valence-corrected chi connectivity index (χ2v) is 7.08. The summed E-state index contributed by atoms with van der Waals surface area (Å²) in [6.45, 7) is 5.22. The molecule has 1 aliphatic heterocycles. The number of carbonyl (C=O) groups excluding carboxylic acids is 1. The minimum absolute atomic E-state index is 0.0733. The largest absolute Gasteiger partial charge is 0.334 e. The Labute approximate surface area is 124 Å². The first-order chi connectivity index (χ1) is 9.98. The van der Waals surface area contributed by atoms with Crippen LogP contribution in [0.3, 0.4) is 0 Å². The van der Waals surface area contributed by atoms with Gasteiger partial charge >= 0.3 is 0 Å². The van der Waals surface area contributed by atoms with Gasteiger partial charge in [0.15, 0.2) is 5.03 Å². The first-order valence-corrected chi connectivity index (χ1v) is 8.54. The topological polar surface area (TPSA) is 84.6 Å². The highest BCUT2D eigenvalue weighted by Crippen LogP contribution is 2.21. The van der Waals surface area contributed by atoms with Crippen molar-refractivity contribution in [3.8, 4) is 0 Å². The molecule has 116 valence electrons. The summed E-state index contributed by atoms with van der Waals surface area (Å²) in [6.07, 6.45) is 5.41. The van der Waals surface area contributed by atoms with Crippen LogP contribution in [0.2, 0.25) is 0 Å². The van der Waals surface area contributed by atoms with Crippen LogP contribution >= 0.6 is 0 Å². The number of hydrogen-bond acceptors (Lipinski definition) is 5. The summed E-state index contributed by atoms with van der Waals surface area (Å²) >= 11 is 0. The molecule has 2 heterocycles. The van der Waals surface area contributed by atoms with E-state index >= 15 is 0 Å². The third-order valence-corrected chi connectivity index (χ3v) is 5.35. The van der Waals surface area contributed by atoms with Crippen LogP contribution in [0.25, 0.3) is 0 Å². The molecule has 0 amide bonds. The van der Waals surface area contributed by atoms with E-state index in [1.807, 2.05) is 11.5 Å². The highest BCUT2D eigenvalue weighted by molar-refractivity contribution is 7.89. The average Bonchev–Trinajstić information content (AvgIpc) is 2.82. The van der Waals surface area contributed by atoms with Crippen LogP contribution in [0, 0.1) is 6.92 Å². The molecule has 0 aliphatic carbocycles. The Balaban J connectivity index is 2.24. The molecule has 7 nitrogen and oxygen atoms in total. The van der Waals surface area contributed by atoms with Crippen molar-refractivity contribution in [3.63, 3.8) is 0 Å². The molecule has 1 aliphatic rings. The Bertz CT molecular complexity index is 646. The van der Waals surface area contributed by atoms with Gasteiger partial charge in [-0.05, 0) is 26.2 Å². The molecule has 21 heavy (non-hydrogen) atoms. The van der Waals surface area contributed by atoms with Gasteiger partial charge in [0.05, 0.1) is 6.04 Å². The fourth-order valence-electron chi connectivity index (χ4n) is 2.52. The van der Waals surface area contributed by atoms with Gasteiger partial charge in [-0.15, -0.1) is 0 Å². The quantitative estimate of drug-likeness (QED) is 0.602. The molecule has 1 fully saturated rings. The molecular formula is C13H20N4O3S. The molecule has 1 atom stereocenters. The van der Waals surface area contributed by atoms with E-state index in [0.717, 1.165) is 13.0 Å². The van der Waals surface area contributed by atoms with Crippen molar-refractivity contribution in [2.24, 2.45) is 4.99 Å². The van der Waals surface area contributed by atoms with Gasteiger partial charge in [0.25, 0.3) is 10.0 Å². The lowest BCUT2D eigenvalue weighted by Gasteiger charge is -2.28. The number of nitrogens with zero attached hydrogens (tertiary/aromatic N) is 4. The number of piperidine rings is 1. The third-order valence-electron chi connectivity index (χ3n) is 3.62. The van der Waals surface area contributed by atoms with Crippen molar-refractivity contribution >= 4 is 16.1 Å². The Kier molecular flexibility index (Phi) is 4.92. The highest BCUT2D eigenvalue weighted by atomic mass is 32.2. The van der Waals surface area contributed by atoms with Crippen LogP contribution in [0.1, 0.15) is 32.0 Å². The maximum atomic E-state index is 12.6. The number of rotatable bonds is 5. The molecule has 1 unspecified atom stereocenters. The molecule has 1 saturated heterocycles. The van der Waals surface area contributed by atoms with Crippen LogP contribution in [-0.2, 0) is 21.4 Å². The zero-order chi connectivity index (χ0) is 15.5. The summed E-state index contributed by atoms with van der Waals surface area (Å²) in [5, 5.41) is 0.0733. The number of sulfonamides is 1. The lowest BCUT2D eigenvalue weighted by Crippen LogP contribution is -2.41. The van der Waals surface area contributed by atoms with Gasteiger partial charge in [-0.3, -0.25) is 0 Å². The summed E-state index contributed by atoms with van der Waals surface area (Å²) in [6, 6.07) is -0.301. The van der Waals surface area contributed by atoms with Crippen molar-refractivity contribution in [1.29, 1.82) is 0 Å². The van der Waals surface area contributed by atoms with E-state index in [0.29, 0.717) is 25.2 Å². The molecule has 0 radical (unpaired) electrons. The molecule has 0 bridgehead atoms. The number of aliphatic imine (C=N–C) groups is 1. The van der Waals surface area contributed by atoms with Gasteiger partial charge in [-0.25, -0.2) is 23.2 Å². The molecule has 0 N–H and O–H groups in total. The highest BCUT2D eigenvalue weighted by Gasteiger charge is 2.32. The van der Waals surface area contributed by atoms with Crippen molar-refractivity contribution in [1.82, 2.24) is 13.9 Å². The maximum absolute atomic E-state index is 12.6. The van der Waals surface area contributed by atoms with Crippen LogP contribution in [0.15, 0.2) is 16.2 Å². The lowest BCUT2D eigenvalue weighted by molar-refractivity contribution is 0.316. The summed E-state index contributed by atoms with van der Waals surface area (Å²) in [5.74, 6) is 0.690.